The predicted molar refractivity (Wildman–Crippen MR) is 87.2 cm³/mol. The monoisotopic (exact) mass is 318 g/mol. The van der Waals surface area contributed by atoms with Gasteiger partial charge in [0.25, 0.3) is 0 Å². The highest BCUT2D eigenvalue weighted by Gasteiger charge is 2.29. The topological polar surface area (TPSA) is 62.2 Å². The molecule has 2 aliphatic rings. The zero-order chi connectivity index (χ0) is 16.4. The van der Waals surface area contributed by atoms with Crippen molar-refractivity contribution in [2.45, 2.75) is 12.8 Å². The lowest BCUT2D eigenvalue weighted by Crippen LogP contribution is -2.47. The largest absolute Gasteiger partial charge is 0.497 e. The molecule has 1 aliphatic heterocycles. The number of anilines is 1. The molecule has 0 atom stereocenters. The molecule has 1 aliphatic carbocycles. The standard InChI is InChI=1S/C17H22N2O4/c1-22-14-9-13(10-15(11-14)23-2)18-5-7-19(8-6-18)16(17(20)21)12-3-4-12/h9-11H,3-8H2,1-2H3,(H,20,21). The first-order chi connectivity index (χ1) is 11.1. The van der Waals surface area contributed by atoms with Crippen LogP contribution in [-0.4, -0.2) is 56.4 Å². The molecule has 0 unspecified atom stereocenters. The first kappa shape index (κ1) is 15.5. The van der Waals surface area contributed by atoms with Gasteiger partial charge < -0.3 is 24.4 Å². The van der Waals surface area contributed by atoms with Gasteiger partial charge >= 0.3 is 5.97 Å². The first-order valence-corrected chi connectivity index (χ1v) is 7.80. The highest BCUT2D eigenvalue weighted by molar-refractivity contribution is 5.87. The molecule has 0 bridgehead atoms. The van der Waals surface area contributed by atoms with Crippen molar-refractivity contribution in [3.05, 3.63) is 29.5 Å². The SMILES string of the molecule is COc1cc(OC)cc(N2CCN(C(C(=O)O)=C3CC3)CC2)c1. The van der Waals surface area contributed by atoms with Crippen molar-refractivity contribution in [1.29, 1.82) is 0 Å². The number of hydrogen-bond acceptors (Lipinski definition) is 5. The van der Waals surface area contributed by atoms with Crippen LogP contribution in [0.2, 0.25) is 0 Å². The Bertz CT molecular complexity index is 605. The van der Waals surface area contributed by atoms with Gasteiger partial charge in [-0.05, 0) is 18.4 Å². The van der Waals surface area contributed by atoms with Crippen LogP contribution in [0.5, 0.6) is 11.5 Å². The fourth-order valence-corrected chi connectivity index (χ4v) is 2.97. The molecule has 0 aromatic heterocycles. The Labute approximate surface area is 135 Å². The summed E-state index contributed by atoms with van der Waals surface area (Å²) in [6.45, 7) is 2.98. The van der Waals surface area contributed by atoms with Crippen LogP contribution >= 0.6 is 0 Å². The number of rotatable bonds is 5. The van der Waals surface area contributed by atoms with Gasteiger partial charge in [0.2, 0.25) is 0 Å². The summed E-state index contributed by atoms with van der Waals surface area (Å²) >= 11 is 0. The van der Waals surface area contributed by atoms with Crippen molar-refractivity contribution in [2.75, 3.05) is 45.3 Å². The van der Waals surface area contributed by atoms with E-state index in [1.54, 1.807) is 14.2 Å². The van der Waals surface area contributed by atoms with Crippen LogP contribution in [0.15, 0.2) is 29.5 Å². The average molecular weight is 318 g/mol. The predicted octanol–water partition coefficient (Wildman–Crippen LogP) is 1.96. The van der Waals surface area contributed by atoms with Crippen LogP contribution in [0.25, 0.3) is 0 Å². The summed E-state index contributed by atoms with van der Waals surface area (Å²) in [5, 5.41) is 9.41. The molecular weight excluding hydrogens is 296 g/mol. The summed E-state index contributed by atoms with van der Waals surface area (Å²) in [7, 11) is 3.27. The Hall–Kier alpha value is -2.37. The van der Waals surface area contributed by atoms with Crippen molar-refractivity contribution in [3.8, 4) is 11.5 Å². The van der Waals surface area contributed by atoms with Gasteiger partial charge in [0.1, 0.15) is 17.2 Å². The van der Waals surface area contributed by atoms with E-state index in [2.05, 4.69) is 4.90 Å². The lowest BCUT2D eigenvalue weighted by Gasteiger charge is -2.37. The molecule has 124 valence electrons. The Kier molecular flexibility index (Phi) is 4.32. The molecule has 23 heavy (non-hydrogen) atoms. The van der Waals surface area contributed by atoms with Crippen LogP contribution < -0.4 is 14.4 Å². The quantitative estimate of drug-likeness (QED) is 0.838. The van der Waals surface area contributed by atoms with Crippen molar-refractivity contribution in [2.24, 2.45) is 0 Å². The average Bonchev–Trinajstić information content (AvgIpc) is 3.39. The fraction of sp³-hybridized carbons (Fsp3) is 0.471. The summed E-state index contributed by atoms with van der Waals surface area (Å²) in [5.41, 5.74) is 2.64. The van der Waals surface area contributed by atoms with Crippen molar-refractivity contribution < 1.29 is 19.4 Å². The van der Waals surface area contributed by atoms with Crippen molar-refractivity contribution in [1.82, 2.24) is 4.90 Å². The molecule has 1 N–H and O–H groups in total. The molecule has 0 amide bonds. The minimum atomic E-state index is -0.797. The van der Waals surface area contributed by atoms with Gasteiger partial charge in [-0.1, -0.05) is 0 Å². The number of nitrogens with zero attached hydrogens (tertiary/aromatic N) is 2. The van der Waals surface area contributed by atoms with E-state index in [1.165, 1.54) is 0 Å². The smallest absolute Gasteiger partial charge is 0.352 e. The van der Waals surface area contributed by atoms with Gasteiger partial charge in [-0.3, -0.25) is 0 Å². The van der Waals surface area contributed by atoms with Crippen molar-refractivity contribution >= 4 is 11.7 Å². The summed E-state index contributed by atoms with van der Waals surface area (Å²) in [4.78, 5) is 15.7. The van der Waals surface area contributed by atoms with E-state index in [4.69, 9.17) is 9.47 Å². The molecule has 0 spiro atoms. The number of aliphatic carboxylic acids is 1. The van der Waals surface area contributed by atoms with E-state index in [-0.39, 0.29) is 0 Å². The second-order valence-electron chi connectivity index (χ2n) is 5.80. The Morgan fingerprint density at radius 1 is 1.00 bits per heavy atom. The number of carboxylic acid groups (broad SMARTS) is 1. The van der Waals surface area contributed by atoms with E-state index in [0.29, 0.717) is 18.8 Å². The fourth-order valence-electron chi connectivity index (χ4n) is 2.97. The van der Waals surface area contributed by atoms with Crippen molar-refractivity contribution in [3.63, 3.8) is 0 Å². The maximum absolute atomic E-state index is 11.5. The second kappa shape index (κ2) is 6.40. The van der Waals surface area contributed by atoms with Gasteiger partial charge in [0.15, 0.2) is 0 Å². The maximum Gasteiger partial charge on any atom is 0.352 e. The highest BCUT2D eigenvalue weighted by Crippen LogP contribution is 2.34. The molecule has 1 saturated heterocycles. The summed E-state index contributed by atoms with van der Waals surface area (Å²) in [6.07, 6.45) is 1.85. The lowest BCUT2D eigenvalue weighted by atomic mass is 10.2. The molecule has 2 fully saturated rings. The summed E-state index contributed by atoms with van der Waals surface area (Å²) in [5.74, 6) is 0.718. The first-order valence-electron chi connectivity index (χ1n) is 7.80. The number of piperazine rings is 1. The van der Waals surface area contributed by atoms with Gasteiger partial charge in [-0.15, -0.1) is 0 Å². The Morgan fingerprint density at radius 2 is 1.57 bits per heavy atom. The molecule has 3 rings (SSSR count). The number of ether oxygens (including phenoxy) is 2. The number of allylic oxidation sites excluding steroid dienone is 1. The number of benzene rings is 1. The Morgan fingerprint density at radius 3 is 2.00 bits per heavy atom. The van der Waals surface area contributed by atoms with Gasteiger partial charge in [0, 0.05) is 50.1 Å². The minimum absolute atomic E-state index is 0.521. The van der Waals surface area contributed by atoms with Gasteiger partial charge in [-0.2, -0.15) is 0 Å². The normalized spacial score (nSPS) is 17.0. The van der Waals surface area contributed by atoms with Gasteiger partial charge in [-0.25, -0.2) is 4.79 Å². The lowest BCUT2D eigenvalue weighted by molar-refractivity contribution is -0.134. The molecule has 6 heteroatoms. The second-order valence-corrected chi connectivity index (χ2v) is 5.80. The third kappa shape index (κ3) is 3.36. The number of methoxy groups -OCH3 is 2. The molecular formula is C17H22N2O4. The van der Waals surface area contributed by atoms with Crippen LogP contribution in [0, 0.1) is 0 Å². The highest BCUT2D eigenvalue weighted by atomic mass is 16.5. The third-order valence-corrected chi connectivity index (χ3v) is 4.33. The third-order valence-electron chi connectivity index (χ3n) is 4.33. The summed E-state index contributed by atoms with van der Waals surface area (Å²) < 4.78 is 10.6. The molecule has 6 nitrogen and oxygen atoms in total. The zero-order valence-electron chi connectivity index (χ0n) is 13.5. The van der Waals surface area contributed by atoms with E-state index < -0.39 is 5.97 Å². The zero-order valence-corrected chi connectivity index (χ0v) is 13.5. The van der Waals surface area contributed by atoms with E-state index >= 15 is 0 Å². The van der Waals surface area contributed by atoms with E-state index in [9.17, 15) is 9.90 Å². The molecule has 0 radical (unpaired) electrons. The number of hydrogen-bond donors (Lipinski definition) is 1. The number of carboxylic acids is 1. The van der Waals surface area contributed by atoms with Crippen LogP contribution in [0.1, 0.15) is 12.8 Å². The van der Waals surface area contributed by atoms with E-state index in [1.807, 2.05) is 23.1 Å². The van der Waals surface area contributed by atoms with Crippen LogP contribution in [0.4, 0.5) is 5.69 Å². The molecule has 1 aromatic carbocycles. The molecule has 1 aromatic rings. The maximum atomic E-state index is 11.5. The molecule has 1 heterocycles. The minimum Gasteiger partial charge on any atom is -0.497 e. The molecule has 1 saturated carbocycles. The van der Waals surface area contributed by atoms with Crippen LogP contribution in [0.3, 0.4) is 0 Å². The Balaban J connectivity index is 1.72. The van der Waals surface area contributed by atoms with Crippen LogP contribution in [-0.2, 0) is 4.79 Å². The van der Waals surface area contributed by atoms with E-state index in [0.717, 1.165) is 48.7 Å². The van der Waals surface area contributed by atoms with Gasteiger partial charge in [0.05, 0.1) is 14.2 Å². The summed E-state index contributed by atoms with van der Waals surface area (Å²) in [6, 6.07) is 5.81. The number of carbonyl (C=O) groups is 1.